The average molecular weight is 293 g/mol. The molecule has 1 aliphatic heterocycles. The number of cyclic esters (lactones) is 1. The molecule has 1 aromatic rings. The molecule has 0 unspecified atom stereocenters. The van der Waals surface area contributed by atoms with Gasteiger partial charge in [0.1, 0.15) is 6.10 Å². The molecule has 0 saturated carbocycles. The molecule has 112 valence electrons. The van der Waals surface area contributed by atoms with Crippen molar-refractivity contribution in [1.82, 2.24) is 0 Å². The highest BCUT2D eigenvalue weighted by Gasteiger charge is 2.27. The second-order valence-corrected chi connectivity index (χ2v) is 4.61. The molecule has 0 spiro atoms. The highest BCUT2D eigenvalue weighted by molar-refractivity contribution is 5.96. The maximum absolute atomic E-state index is 11.6. The van der Waals surface area contributed by atoms with E-state index in [1.807, 2.05) is 0 Å². The Balaban J connectivity index is 2.54. The maximum Gasteiger partial charge on any atom is 0.334 e. The lowest BCUT2D eigenvalue weighted by molar-refractivity contribution is -0.385. The topological polar surface area (TPSA) is 87.9 Å². The zero-order valence-electron chi connectivity index (χ0n) is 11.9. The van der Waals surface area contributed by atoms with Gasteiger partial charge in [-0.25, -0.2) is 4.79 Å². The highest BCUT2D eigenvalue weighted by atomic mass is 16.6. The van der Waals surface area contributed by atoms with Gasteiger partial charge in [-0.15, -0.1) is 0 Å². The number of ether oxygens (including phenoxy) is 3. The van der Waals surface area contributed by atoms with E-state index in [9.17, 15) is 14.9 Å². The van der Waals surface area contributed by atoms with E-state index in [2.05, 4.69) is 0 Å². The van der Waals surface area contributed by atoms with Crippen LogP contribution in [-0.4, -0.2) is 31.2 Å². The molecule has 0 aliphatic carbocycles. The van der Waals surface area contributed by atoms with Crippen molar-refractivity contribution < 1.29 is 23.9 Å². The van der Waals surface area contributed by atoms with Gasteiger partial charge >= 0.3 is 5.97 Å². The first-order valence-corrected chi connectivity index (χ1v) is 6.28. The summed E-state index contributed by atoms with van der Waals surface area (Å²) >= 11 is 0. The maximum atomic E-state index is 11.6. The summed E-state index contributed by atoms with van der Waals surface area (Å²) in [5.41, 5.74) is 0.518. The molecule has 1 saturated heterocycles. The van der Waals surface area contributed by atoms with Crippen molar-refractivity contribution in [1.29, 1.82) is 0 Å². The SMILES string of the molecule is COc1cc(/C=C2\C[C@H](C)OC2=O)c([N+](=O)[O-])cc1OC. The molecular formula is C14H15NO6. The molecule has 7 heteroatoms. The smallest absolute Gasteiger partial charge is 0.334 e. The van der Waals surface area contributed by atoms with E-state index in [1.54, 1.807) is 6.92 Å². The van der Waals surface area contributed by atoms with Gasteiger partial charge in [-0.05, 0) is 19.1 Å². The van der Waals surface area contributed by atoms with Gasteiger partial charge in [0.25, 0.3) is 5.69 Å². The summed E-state index contributed by atoms with van der Waals surface area (Å²) in [7, 11) is 2.84. The zero-order chi connectivity index (χ0) is 15.6. The number of methoxy groups -OCH3 is 2. The molecule has 21 heavy (non-hydrogen) atoms. The van der Waals surface area contributed by atoms with E-state index in [0.29, 0.717) is 17.7 Å². The van der Waals surface area contributed by atoms with Gasteiger partial charge in [-0.2, -0.15) is 0 Å². The molecule has 1 fully saturated rings. The normalized spacial score (nSPS) is 19.5. The summed E-state index contributed by atoms with van der Waals surface area (Å²) in [6.07, 6.45) is 1.67. The van der Waals surface area contributed by atoms with Crippen molar-refractivity contribution in [2.24, 2.45) is 0 Å². The van der Waals surface area contributed by atoms with E-state index < -0.39 is 10.9 Å². The Bertz CT molecular complexity index is 622. The number of esters is 1. The number of nitro groups is 1. The molecule has 7 nitrogen and oxygen atoms in total. The highest BCUT2D eigenvalue weighted by Crippen LogP contribution is 2.36. The Morgan fingerprint density at radius 3 is 2.43 bits per heavy atom. The molecule has 0 aromatic heterocycles. The number of rotatable bonds is 4. The fourth-order valence-corrected chi connectivity index (χ4v) is 2.16. The molecule has 0 bridgehead atoms. The molecule has 0 N–H and O–H groups in total. The summed E-state index contributed by atoms with van der Waals surface area (Å²) in [4.78, 5) is 22.3. The number of carbonyl (C=O) groups is 1. The Labute approximate surface area is 121 Å². The lowest BCUT2D eigenvalue weighted by atomic mass is 10.1. The number of benzene rings is 1. The fraction of sp³-hybridized carbons (Fsp3) is 0.357. The summed E-state index contributed by atoms with van der Waals surface area (Å²) < 4.78 is 15.2. The van der Waals surface area contributed by atoms with Crippen LogP contribution in [0, 0.1) is 10.1 Å². The van der Waals surface area contributed by atoms with Gasteiger partial charge < -0.3 is 14.2 Å². The zero-order valence-corrected chi connectivity index (χ0v) is 11.9. The van der Waals surface area contributed by atoms with Crippen molar-refractivity contribution >= 4 is 17.7 Å². The minimum atomic E-state index is -0.530. The molecule has 1 aliphatic rings. The van der Waals surface area contributed by atoms with Crippen LogP contribution in [0.15, 0.2) is 17.7 Å². The number of nitro benzene ring substituents is 1. The Morgan fingerprint density at radius 1 is 1.33 bits per heavy atom. The summed E-state index contributed by atoms with van der Waals surface area (Å²) in [5.74, 6) is 0.162. The summed E-state index contributed by atoms with van der Waals surface area (Å²) in [5, 5.41) is 11.2. The second-order valence-electron chi connectivity index (χ2n) is 4.61. The van der Waals surface area contributed by atoms with Crippen LogP contribution < -0.4 is 9.47 Å². The van der Waals surface area contributed by atoms with Gasteiger partial charge in [0.2, 0.25) is 0 Å². The minimum Gasteiger partial charge on any atom is -0.493 e. The van der Waals surface area contributed by atoms with E-state index in [0.717, 1.165) is 0 Å². The van der Waals surface area contributed by atoms with Crippen LogP contribution in [0.3, 0.4) is 0 Å². The third kappa shape index (κ3) is 2.96. The van der Waals surface area contributed by atoms with Crippen molar-refractivity contribution in [2.75, 3.05) is 14.2 Å². The van der Waals surface area contributed by atoms with Gasteiger partial charge in [-0.1, -0.05) is 0 Å². The second kappa shape index (κ2) is 5.82. The van der Waals surface area contributed by atoms with Crippen molar-refractivity contribution in [2.45, 2.75) is 19.4 Å². The Morgan fingerprint density at radius 2 is 1.95 bits per heavy atom. The van der Waals surface area contributed by atoms with E-state index in [1.165, 1.54) is 32.4 Å². The van der Waals surface area contributed by atoms with Crippen LogP contribution in [0.5, 0.6) is 11.5 Å². The molecule has 0 radical (unpaired) electrons. The van der Waals surface area contributed by atoms with Crippen molar-refractivity contribution in [3.8, 4) is 11.5 Å². The largest absolute Gasteiger partial charge is 0.493 e. The summed E-state index contributed by atoms with van der Waals surface area (Å²) in [6, 6.07) is 2.75. The van der Waals surface area contributed by atoms with Crippen LogP contribution in [0.2, 0.25) is 0 Å². The number of hydrogen-bond acceptors (Lipinski definition) is 6. The Kier molecular flexibility index (Phi) is 4.11. The fourth-order valence-electron chi connectivity index (χ4n) is 2.16. The first-order valence-electron chi connectivity index (χ1n) is 6.28. The third-order valence-corrected chi connectivity index (χ3v) is 3.14. The first kappa shape index (κ1) is 14.8. The van der Waals surface area contributed by atoms with E-state index >= 15 is 0 Å². The minimum absolute atomic E-state index is 0.160. The molecule has 1 heterocycles. The molecule has 0 amide bonds. The molecule has 2 rings (SSSR count). The predicted molar refractivity (Wildman–Crippen MR) is 74.3 cm³/mol. The van der Waals surface area contributed by atoms with Crippen molar-refractivity contribution in [3.63, 3.8) is 0 Å². The third-order valence-electron chi connectivity index (χ3n) is 3.14. The van der Waals surface area contributed by atoms with Gasteiger partial charge in [0.15, 0.2) is 11.5 Å². The van der Waals surface area contributed by atoms with Crippen LogP contribution in [0.1, 0.15) is 18.9 Å². The summed E-state index contributed by atoms with van der Waals surface area (Å²) in [6.45, 7) is 1.77. The standard InChI is InChI=1S/C14H15NO6/c1-8-4-10(14(16)21-8)5-9-6-12(19-2)13(20-3)7-11(9)15(17)18/h5-8H,4H2,1-3H3/b10-5+/t8-/m0/s1. The predicted octanol–water partition coefficient (Wildman–Crippen LogP) is 2.33. The van der Waals surface area contributed by atoms with E-state index in [4.69, 9.17) is 14.2 Å². The first-order chi connectivity index (χ1) is 9.96. The van der Waals surface area contributed by atoms with Gasteiger partial charge in [0.05, 0.1) is 30.8 Å². The number of nitrogens with zero attached hydrogens (tertiary/aromatic N) is 1. The molecule has 1 atom stereocenters. The van der Waals surface area contributed by atoms with Crippen LogP contribution in [0.4, 0.5) is 5.69 Å². The van der Waals surface area contributed by atoms with E-state index in [-0.39, 0.29) is 23.1 Å². The van der Waals surface area contributed by atoms with Gasteiger partial charge in [-0.3, -0.25) is 10.1 Å². The average Bonchev–Trinajstić information content (AvgIpc) is 2.76. The molecule has 1 aromatic carbocycles. The number of carbonyl (C=O) groups excluding carboxylic acids is 1. The quantitative estimate of drug-likeness (QED) is 0.366. The lowest BCUT2D eigenvalue weighted by Gasteiger charge is -2.09. The monoisotopic (exact) mass is 293 g/mol. The molecular weight excluding hydrogens is 278 g/mol. The lowest BCUT2D eigenvalue weighted by Crippen LogP contribution is -2.00. The van der Waals surface area contributed by atoms with Crippen LogP contribution >= 0.6 is 0 Å². The number of hydrogen-bond donors (Lipinski definition) is 0. The Hall–Kier alpha value is -2.57. The van der Waals surface area contributed by atoms with Gasteiger partial charge in [0, 0.05) is 12.0 Å². The van der Waals surface area contributed by atoms with Crippen LogP contribution in [0.25, 0.3) is 6.08 Å². The van der Waals surface area contributed by atoms with Crippen molar-refractivity contribution in [3.05, 3.63) is 33.4 Å². The van der Waals surface area contributed by atoms with Crippen LogP contribution in [-0.2, 0) is 9.53 Å².